The molecule has 0 aliphatic rings. The first-order valence-electron chi connectivity index (χ1n) is 6.19. The Labute approximate surface area is 93.1 Å². The van der Waals surface area contributed by atoms with Gasteiger partial charge in [0.1, 0.15) is 0 Å². The van der Waals surface area contributed by atoms with E-state index in [4.69, 9.17) is 0 Å². The van der Waals surface area contributed by atoms with E-state index in [2.05, 4.69) is 23.2 Å². The van der Waals surface area contributed by atoms with Crippen molar-refractivity contribution in [3.8, 4) is 0 Å². The fourth-order valence-corrected chi connectivity index (χ4v) is 1.75. The number of rotatable bonds is 8. The van der Waals surface area contributed by atoms with Crippen LogP contribution in [0.5, 0.6) is 0 Å². The highest BCUT2D eigenvalue weighted by Gasteiger charge is 1.93. The highest BCUT2D eigenvalue weighted by molar-refractivity contribution is 5.04. The molecule has 1 heterocycles. The monoisotopic (exact) mass is 206 g/mol. The molecule has 0 bridgehead atoms. The largest absolute Gasteiger partial charge is 0.159 e. The number of hydrogen-bond acceptors (Lipinski definition) is 2. The van der Waals surface area contributed by atoms with Gasteiger partial charge in [0.15, 0.2) is 0 Å². The standard InChI is InChI=1S/C13H22N2/c1-2-3-4-5-6-7-8-9-13-10-11-14-15-12-13/h10-12H,2-9H2,1H3. The van der Waals surface area contributed by atoms with E-state index in [-0.39, 0.29) is 0 Å². The highest BCUT2D eigenvalue weighted by Crippen LogP contribution is 2.09. The van der Waals surface area contributed by atoms with E-state index in [1.807, 2.05) is 6.20 Å². The number of nitrogens with zero attached hydrogens (tertiary/aromatic N) is 2. The van der Waals surface area contributed by atoms with Crippen molar-refractivity contribution < 1.29 is 0 Å². The van der Waals surface area contributed by atoms with Gasteiger partial charge in [-0.05, 0) is 24.5 Å². The molecule has 1 aromatic heterocycles. The van der Waals surface area contributed by atoms with Crippen LogP contribution in [0.2, 0.25) is 0 Å². The highest BCUT2D eigenvalue weighted by atomic mass is 15.1. The fraction of sp³-hybridized carbons (Fsp3) is 0.692. The third-order valence-corrected chi connectivity index (χ3v) is 2.71. The van der Waals surface area contributed by atoms with Gasteiger partial charge < -0.3 is 0 Å². The van der Waals surface area contributed by atoms with Gasteiger partial charge in [-0.25, -0.2) is 0 Å². The zero-order valence-corrected chi connectivity index (χ0v) is 9.78. The number of aromatic nitrogens is 2. The summed E-state index contributed by atoms with van der Waals surface area (Å²) in [6.45, 7) is 2.26. The molecule has 1 aromatic rings. The molecule has 0 amide bonds. The summed E-state index contributed by atoms with van der Waals surface area (Å²) in [6, 6.07) is 2.06. The van der Waals surface area contributed by atoms with Crippen LogP contribution in [0, 0.1) is 0 Å². The molecule has 84 valence electrons. The van der Waals surface area contributed by atoms with Crippen molar-refractivity contribution in [2.75, 3.05) is 0 Å². The first-order valence-corrected chi connectivity index (χ1v) is 6.19. The van der Waals surface area contributed by atoms with Crippen LogP contribution in [0.3, 0.4) is 0 Å². The zero-order valence-electron chi connectivity index (χ0n) is 9.78. The van der Waals surface area contributed by atoms with Crippen molar-refractivity contribution in [2.45, 2.75) is 58.3 Å². The average Bonchev–Trinajstić information content (AvgIpc) is 2.29. The molecule has 0 unspecified atom stereocenters. The lowest BCUT2D eigenvalue weighted by Gasteiger charge is -2.01. The van der Waals surface area contributed by atoms with Crippen LogP contribution in [0.4, 0.5) is 0 Å². The van der Waals surface area contributed by atoms with Crippen LogP contribution in [0.15, 0.2) is 18.5 Å². The molecule has 0 spiro atoms. The summed E-state index contributed by atoms with van der Waals surface area (Å²) in [6.07, 6.45) is 14.4. The predicted octanol–water partition coefficient (Wildman–Crippen LogP) is 3.77. The van der Waals surface area contributed by atoms with Crippen LogP contribution in [-0.4, -0.2) is 10.2 Å². The summed E-state index contributed by atoms with van der Waals surface area (Å²) in [5.41, 5.74) is 1.32. The summed E-state index contributed by atoms with van der Waals surface area (Å²) in [5.74, 6) is 0. The molecule has 0 aromatic carbocycles. The first kappa shape index (κ1) is 12.2. The molecule has 0 saturated carbocycles. The molecule has 0 fully saturated rings. The Morgan fingerprint density at radius 2 is 1.67 bits per heavy atom. The van der Waals surface area contributed by atoms with E-state index in [0.717, 1.165) is 6.42 Å². The van der Waals surface area contributed by atoms with Gasteiger partial charge >= 0.3 is 0 Å². The normalized spacial score (nSPS) is 10.5. The molecule has 1 rings (SSSR count). The van der Waals surface area contributed by atoms with Crippen LogP contribution >= 0.6 is 0 Å². The lowest BCUT2D eigenvalue weighted by Crippen LogP contribution is -1.88. The zero-order chi connectivity index (χ0) is 10.8. The molecule has 0 aliphatic heterocycles. The predicted molar refractivity (Wildman–Crippen MR) is 63.7 cm³/mol. The molecule has 15 heavy (non-hydrogen) atoms. The Bertz CT molecular complexity index is 234. The minimum Gasteiger partial charge on any atom is -0.159 e. The quantitative estimate of drug-likeness (QED) is 0.605. The van der Waals surface area contributed by atoms with Crippen molar-refractivity contribution in [3.05, 3.63) is 24.0 Å². The van der Waals surface area contributed by atoms with E-state index in [1.54, 1.807) is 6.20 Å². The average molecular weight is 206 g/mol. The molecule has 2 heteroatoms. The third kappa shape index (κ3) is 6.21. The van der Waals surface area contributed by atoms with Gasteiger partial charge in [0.05, 0.1) is 6.20 Å². The van der Waals surface area contributed by atoms with Crippen LogP contribution in [-0.2, 0) is 6.42 Å². The van der Waals surface area contributed by atoms with Crippen molar-refractivity contribution in [1.29, 1.82) is 0 Å². The van der Waals surface area contributed by atoms with E-state index >= 15 is 0 Å². The fourth-order valence-electron chi connectivity index (χ4n) is 1.75. The van der Waals surface area contributed by atoms with Crippen molar-refractivity contribution >= 4 is 0 Å². The summed E-state index contributed by atoms with van der Waals surface area (Å²) in [5, 5.41) is 7.65. The summed E-state index contributed by atoms with van der Waals surface area (Å²) < 4.78 is 0. The molecule has 0 radical (unpaired) electrons. The van der Waals surface area contributed by atoms with Crippen LogP contribution in [0.25, 0.3) is 0 Å². The van der Waals surface area contributed by atoms with E-state index in [1.165, 1.54) is 50.5 Å². The van der Waals surface area contributed by atoms with Gasteiger partial charge in [0.2, 0.25) is 0 Å². The Morgan fingerprint density at radius 3 is 2.33 bits per heavy atom. The van der Waals surface area contributed by atoms with E-state index < -0.39 is 0 Å². The molecule has 0 aliphatic carbocycles. The number of aryl methyl sites for hydroxylation is 1. The van der Waals surface area contributed by atoms with E-state index in [0.29, 0.717) is 0 Å². The van der Waals surface area contributed by atoms with Gasteiger partial charge in [0, 0.05) is 6.20 Å². The van der Waals surface area contributed by atoms with Crippen LogP contribution < -0.4 is 0 Å². The second-order valence-corrected chi connectivity index (χ2v) is 4.12. The summed E-state index contributed by atoms with van der Waals surface area (Å²) in [4.78, 5) is 0. The molecule has 0 saturated heterocycles. The Morgan fingerprint density at radius 1 is 0.933 bits per heavy atom. The van der Waals surface area contributed by atoms with Gasteiger partial charge in [-0.15, -0.1) is 0 Å². The Hall–Kier alpha value is -0.920. The van der Waals surface area contributed by atoms with Crippen LogP contribution in [0.1, 0.15) is 57.4 Å². The molecule has 0 atom stereocenters. The molecular weight excluding hydrogens is 184 g/mol. The first-order chi connectivity index (χ1) is 7.43. The topological polar surface area (TPSA) is 25.8 Å². The van der Waals surface area contributed by atoms with Gasteiger partial charge in [-0.1, -0.05) is 45.4 Å². The van der Waals surface area contributed by atoms with Crippen molar-refractivity contribution in [3.63, 3.8) is 0 Å². The van der Waals surface area contributed by atoms with Gasteiger partial charge in [-0.2, -0.15) is 10.2 Å². The number of unbranched alkanes of at least 4 members (excludes halogenated alkanes) is 6. The van der Waals surface area contributed by atoms with E-state index in [9.17, 15) is 0 Å². The molecule has 0 N–H and O–H groups in total. The van der Waals surface area contributed by atoms with Crippen molar-refractivity contribution in [1.82, 2.24) is 10.2 Å². The number of hydrogen-bond donors (Lipinski definition) is 0. The lowest BCUT2D eigenvalue weighted by atomic mass is 10.1. The second-order valence-electron chi connectivity index (χ2n) is 4.12. The minimum absolute atomic E-state index is 1.16. The maximum absolute atomic E-state index is 3.87. The molecule has 2 nitrogen and oxygen atoms in total. The smallest absolute Gasteiger partial charge is 0.0528 e. The summed E-state index contributed by atoms with van der Waals surface area (Å²) in [7, 11) is 0. The minimum atomic E-state index is 1.16. The summed E-state index contributed by atoms with van der Waals surface area (Å²) >= 11 is 0. The lowest BCUT2D eigenvalue weighted by molar-refractivity contribution is 0.589. The molecular formula is C13H22N2. The van der Waals surface area contributed by atoms with Crippen molar-refractivity contribution in [2.24, 2.45) is 0 Å². The maximum atomic E-state index is 3.87. The van der Waals surface area contributed by atoms with Gasteiger partial charge in [-0.3, -0.25) is 0 Å². The Balaban J connectivity index is 1.93. The van der Waals surface area contributed by atoms with Gasteiger partial charge in [0.25, 0.3) is 0 Å². The second kappa shape index (κ2) is 8.39. The SMILES string of the molecule is CCCCCCCCCc1ccnnc1. The third-order valence-electron chi connectivity index (χ3n) is 2.71. The Kier molecular flexibility index (Phi) is 6.80. The maximum Gasteiger partial charge on any atom is 0.0528 e.